The van der Waals surface area contributed by atoms with Crippen LogP contribution in [0.2, 0.25) is 0 Å². The fourth-order valence-electron chi connectivity index (χ4n) is 4.74. The van der Waals surface area contributed by atoms with Gasteiger partial charge >= 0.3 is 6.03 Å². The van der Waals surface area contributed by atoms with Crippen LogP contribution in [0, 0.1) is 0 Å². The molecule has 1 aromatic carbocycles. The van der Waals surface area contributed by atoms with Gasteiger partial charge in [0.05, 0.1) is 27.6 Å². The van der Waals surface area contributed by atoms with Crippen molar-refractivity contribution in [1.29, 1.82) is 0 Å². The molecule has 1 aliphatic rings. The fraction of sp³-hybridized carbons (Fsp3) is 0.393. The molecule has 1 unspecified atom stereocenters. The molecule has 39 heavy (non-hydrogen) atoms. The zero-order valence-electron chi connectivity index (χ0n) is 22.6. The summed E-state index contributed by atoms with van der Waals surface area (Å²) in [5.41, 5.74) is 5.29. The zero-order chi connectivity index (χ0) is 27.6. The number of rotatable bonds is 9. The van der Waals surface area contributed by atoms with E-state index < -0.39 is 6.10 Å². The Hall–Kier alpha value is -3.51. The van der Waals surface area contributed by atoms with E-state index in [-0.39, 0.29) is 11.6 Å². The lowest BCUT2D eigenvalue weighted by molar-refractivity contribution is -0.114. The lowest BCUT2D eigenvalue weighted by Crippen LogP contribution is -2.60. The highest BCUT2D eigenvalue weighted by Crippen LogP contribution is 2.38. The molecule has 3 N–H and O–H groups in total. The number of nitrogens with zero attached hydrogens (tertiary/aromatic N) is 5. The summed E-state index contributed by atoms with van der Waals surface area (Å²) in [6.07, 6.45) is 5.24. The number of methoxy groups -OCH3 is 1. The molecule has 0 saturated carbocycles. The van der Waals surface area contributed by atoms with Crippen molar-refractivity contribution < 1.29 is 14.6 Å². The molecule has 1 atom stereocenters. The molecule has 4 heterocycles. The summed E-state index contributed by atoms with van der Waals surface area (Å²) >= 11 is 1.42. The first-order valence-electron chi connectivity index (χ1n) is 13.0. The first-order valence-corrected chi connectivity index (χ1v) is 13.8. The molecule has 1 saturated heterocycles. The van der Waals surface area contributed by atoms with Gasteiger partial charge in [0.1, 0.15) is 5.82 Å². The number of ether oxygens (including phenoxy) is 1. The zero-order valence-corrected chi connectivity index (χ0v) is 23.4. The maximum absolute atomic E-state index is 12.2. The average Bonchev–Trinajstić information content (AvgIpc) is 3.29. The Morgan fingerprint density at radius 3 is 2.67 bits per heavy atom. The van der Waals surface area contributed by atoms with Crippen molar-refractivity contribution in [1.82, 2.24) is 30.2 Å². The van der Waals surface area contributed by atoms with E-state index in [1.807, 2.05) is 25.3 Å². The van der Waals surface area contributed by atoms with Crippen molar-refractivity contribution in [3.05, 3.63) is 54.2 Å². The van der Waals surface area contributed by atoms with Gasteiger partial charge in [-0.1, -0.05) is 11.3 Å². The number of nitrogens with one attached hydrogen (secondary N) is 2. The van der Waals surface area contributed by atoms with Gasteiger partial charge < -0.3 is 15.2 Å². The van der Waals surface area contributed by atoms with E-state index >= 15 is 0 Å². The highest BCUT2D eigenvalue weighted by molar-refractivity contribution is 7.22. The van der Waals surface area contributed by atoms with Crippen molar-refractivity contribution in [2.45, 2.75) is 45.4 Å². The van der Waals surface area contributed by atoms with E-state index in [0.29, 0.717) is 23.9 Å². The number of benzene rings is 1. The SMILES string of the molecule is CCNC(=O)Nc1nc2cc(-c3cnc(CC(C)O)nc3)cc(-c3cc(CN4CC(C)(OC)C4)ccn3)c2s1. The van der Waals surface area contributed by atoms with E-state index in [9.17, 15) is 9.90 Å². The van der Waals surface area contributed by atoms with Gasteiger partial charge in [-0.25, -0.2) is 19.7 Å². The predicted octanol–water partition coefficient (Wildman–Crippen LogP) is 4.10. The van der Waals surface area contributed by atoms with Crippen LogP contribution in [0.5, 0.6) is 0 Å². The van der Waals surface area contributed by atoms with Crippen LogP contribution in [0.3, 0.4) is 0 Å². The van der Waals surface area contributed by atoms with Crippen LogP contribution in [-0.2, 0) is 17.7 Å². The maximum Gasteiger partial charge on any atom is 0.321 e. The third-order valence-corrected chi connectivity index (χ3v) is 7.70. The molecule has 11 heteroatoms. The standard InChI is InChI=1S/C28H33N7O3S/c1-5-29-26(37)34-27-33-23-11-19(20-12-31-24(32-13-20)8-17(2)36)10-21(25(23)39-27)22-9-18(6-7-30-22)14-35-15-28(3,16-35)38-4/h6-7,9-13,17,36H,5,8,14-16H2,1-4H3,(H2,29,33,34,37). The minimum absolute atomic E-state index is 0.0840. The third kappa shape index (κ3) is 6.22. The predicted molar refractivity (Wildman–Crippen MR) is 153 cm³/mol. The molecule has 0 radical (unpaired) electrons. The number of amides is 2. The molecule has 3 aromatic heterocycles. The summed E-state index contributed by atoms with van der Waals surface area (Å²) < 4.78 is 6.52. The number of pyridine rings is 1. The maximum atomic E-state index is 12.2. The van der Waals surface area contributed by atoms with E-state index in [1.54, 1.807) is 26.4 Å². The first-order chi connectivity index (χ1) is 18.7. The Kier molecular flexibility index (Phi) is 7.85. The highest BCUT2D eigenvalue weighted by Gasteiger charge is 2.38. The number of anilines is 1. The normalized spacial score (nSPS) is 15.6. The molecular weight excluding hydrogens is 514 g/mol. The van der Waals surface area contributed by atoms with E-state index in [2.05, 4.69) is 44.6 Å². The molecule has 10 nitrogen and oxygen atoms in total. The lowest BCUT2D eigenvalue weighted by atomic mass is 9.95. The van der Waals surface area contributed by atoms with Gasteiger partial charge in [-0.05, 0) is 56.2 Å². The molecule has 204 valence electrons. The van der Waals surface area contributed by atoms with E-state index in [0.717, 1.165) is 57.8 Å². The summed E-state index contributed by atoms with van der Waals surface area (Å²) in [6.45, 7) is 8.81. The number of carbonyl (C=O) groups excluding carboxylic acids is 1. The lowest BCUT2D eigenvalue weighted by Gasteiger charge is -2.47. The number of likely N-dealkylation sites (tertiary alicyclic amines) is 1. The largest absolute Gasteiger partial charge is 0.393 e. The van der Waals surface area contributed by atoms with Crippen LogP contribution in [0.1, 0.15) is 32.2 Å². The number of fused-ring (bicyclic) bond motifs is 1. The van der Waals surface area contributed by atoms with Crippen molar-refractivity contribution in [3.63, 3.8) is 0 Å². The Morgan fingerprint density at radius 2 is 1.97 bits per heavy atom. The summed E-state index contributed by atoms with van der Waals surface area (Å²) in [5.74, 6) is 0.585. The number of thiazole rings is 1. The van der Waals surface area contributed by atoms with Gasteiger partial charge in [0.2, 0.25) is 0 Å². The van der Waals surface area contributed by atoms with Crippen LogP contribution < -0.4 is 10.6 Å². The molecular formula is C28H33N7O3S. The van der Waals surface area contributed by atoms with Crippen LogP contribution in [-0.4, -0.2) is 74.4 Å². The van der Waals surface area contributed by atoms with Gasteiger partial charge in [-0.3, -0.25) is 15.2 Å². The van der Waals surface area contributed by atoms with Crippen molar-refractivity contribution in [3.8, 4) is 22.4 Å². The summed E-state index contributed by atoms with van der Waals surface area (Å²) in [5, 5.41) is 15.8. The molecule has 0 aliphatic carbocycles. The van der Waals surface area contributed by atoms with Crippen LogP contribution in [0.15, 0.2) is 42.9 Å². The van der Waals surface area contributed by atoms with Crippen LogP contribution in [0.25, 0.3) is 32.6 Å². The Labute approximate surface area is 231 Å². The Bertz CT molecular complexity index is 1470. The molecule has 1 fully saturated rings. The van der Waals surface area contributed by atoms with Crippen LogP contribution >= 0.6 is 11.3 Å². The van der Waals surface area contributed by atoms with Crippen molar-refractivity contribution in [2.75, 3.05) is 32.1 Å². The number of hydrogen-bond donors (Lipinski definition) is 3. The van der Waals surface area contributed by atoms with Gasteiger partial charge in [-0.2, -0.15) is 0 Å². The van der Waals surface area contributed by atoms with Crippen LogP contribution in [0.4, 0.5) is 9.93 Å². The molecule has 2 amide bonds. The average molecular weight is 548 g/mol. The Balaban J connectivity index is 1.51. The quantitative estimate of drug-likeness (QED) is 0.286. The number of carbonyl (C=O) groups is 1. The third-order valence-electron chi connectivity index (χ3n) is 6.68. The molecule has 4 aromatic rings. The molecule has 1 aliphatic heterocycles. The smallest absolute Gasteiger partial charge is 0.321 e. The van der Waals surface area contributed by atoms with Gasteiger partial charge in [0.25, 0.3) is 0 Å². The highest BCUT2D eigenvalue weighted by atomic mass is 32.1. The topological polar surface area (TPSA) is 125 Å². The minimum Gasteiger partial charge on any atom is -0.393 e. The number of urea groups is 1. The number of aliphatic hydroxyl groups excluding tert-OH is 1. The van der Waals surface area contributed by atoms with Crippen molar-refractivity contribution in [2.24, 2.45) is 0 Å². The second kappa shape index (κ2) is 11.3. The van der Waals surface area contributed by atoms with Gasteiger partial charge in [0, 0.05) is 69.4 Å². The van der Waals surface area contributed by atoms with Gasteiger partial charge in [0.15, 0.2) is 5.13 Å². The van der Waals surface area contributed by atoms with Crippen molar-refractivity contribution >= 4 is 32.7 Å². The molecule has 0 spiro atoms. The van der Waals surface area contributed by atoms with E-state index in [4.69, 9.17) is 14.7 Å². The molecule has 5 rings (SSSR count). The van der Waals surface area contributed by atoms with E-state index in [1.165, 1.54) is 11.3 Å². The number of aromatic nitrogens is 4. The summed E-state index contributed by atoms with van der Waals surface area (Å²) in [7, 11) is 1.76. The monoisotopic (exact) mass is 547 g/mol. The number of aliphatic hydroxyl groups is 1. The number of hydrogen-bond acceptors (Lipinski definition) is 9. The first kappa shape index (κ1) is 27.1. The summed E-state index contributed by atoms with van der Waals surface area (Å²) in [4.78, 5) is 32.8. The fourth-order valence-corrected chi connectivity index (χ4v) is 5.70. The second-order valence-electron chi connectivity index (χ2n) is 10.2. The minimum atomic E-state index is -0.512. The molecule has 0 bridgehead atoms. The summed E-state index contributed by atoms with van der Waals surface area (Å²) in [6, 6.07) is 7.90. The Morgan fingerprint density at radius 1 is 1.21 bits per heavy atom. The van der Waals surface area contributed by atoms with Gasteiger partial charge in [-0.15, -0.1) is 0 Å². The second-order valence-corrected chi connectivity index (χ2v) is 11.2.